The van der Waals surface area contributed by atoms with Gasteiger partial charge in [0.15, 0.2) is 0 Å². The topological polar surface area (TPSA) is 55.1 Å². The molecule has 0 aromatic heterocycles. The first kappa shape index (κ1) is 11.1. The van der Waals surface area contributed by atoms with E-state index in [0.29, 0.717) is 5.92 Å². The summed E-state index contributed by atoms with van der Waals surface area (Å²) >= 11 is 0. The number of nitrogens with one attached hydrogen (secondary N) is 1. The van der Waals surface area contributed by atoms with Crippen molar-refractivity contribution in [2.75, 3.05) is 6.54 Å². The van der Waals surface area contributed by atoms with Gasteiger partial charge in [-0.1, -0.05) is 30.3 Å². The normalized spacial score (nSPS) is 24.5. The molecule has 1 fully saturated rings. The number of nitrogens with two attached hydrogens (primary N) is 1. The molecule has 1 amide bonds. The van der Waals surface area contributed by atoms with Gasteiger partial charge in [-0.15, -0.1) is 0 Å². The molecule has 86 valence electrons. The van der Waals surface area contributed by atoms with Crippen molar-refractivity contribution >= 4 is 5.91 Å². The van der Waals surface area contributed by atoms with E-state index >= 15 is 0 Å². The number of amides is 1. The van der Waals surface area contributed by atoms with Crippen LogP contribution >= 0.6 is 0 Å². The SMILES string of the molecule is NC(=O)C1NCC[C@@H]1CCc1ccccc1. The van der Waals surface area contributed by atoms with Gasteiger partial charge >= 0.3 is 0 Å². The second-order valence-electron chi connectivity index (χ2n) is 4.41. The summed E-state index contributed by atoms with van der Waals surface area (Å²) in [6, 6.07) is 10.3. The molecule has 0 saturated carbocycles. The third-order valence-electron chi connectivity index (χ3n) is 3.30. The fraction of sp³-hybridized carbons (Fsp3) is 0.462. The lowest BCUT2D eigenvalue weighted by Gasteiger charge is -2.15. The van der Waals surface area contributed by atoms with E-state index in [1.165, 1.54) is 5.56 Å². The Bertz CT molecular complexity index is 350. The summed E-state index contributed by atoms with van der Waals surface area (Å²) in [5.41, 5.74) is 6.69. The van der Waals surface area contributed by atoms with Crippen molar-refractivity contribution in [1.82, 2.24) is 5.32 Å². The van der Waals surface area contributed by atoms with Gasteiger partial charge in [-0.25, -0.2) is 0 Å². The van der Waals surface area contributed by atoms with Crippen LogP contribution in [-0.4, -0.2) is 18.5 Å². The summed E-state index contributed by atoms with van der Waals surface area (Å²) in [5, 5.41) is 3.17. The van der Waals surface area contributed by atoms with Crippen LogP contribution in [0, 0.1) is 5.92 Å². The van der Waals surface area contributed by atoms with Gasteiger partial charge in [0.05, 0.1) is 6.04 Å². The highest BCUT2D eigenvalue weighted by Gasteiger charge is 2.30. The van der Waals surface area contributed by atoms with Crippen LogP contribution < -0.4 is 11.1 Å². The maximum Gasteiger partial charge on any atom is 0.234 e. The fourth-order valence-corrected chi connectivity index (χ4v) is 2.40. The van der Waals surface area contributed by atoms with E-state index < -0.39 is 0 Å². The molecule has 1 unspecified atom stereocenters. The molecule has 1 aromatic rings. The molecule has 0 aliphatic carbocycles. The van der Waals surface area contributed by atoms with Crippen molar-refractivity contribution in [2.24, 2.45) is 11.7 Å². The van der Waals surface area contributed by atoms with Gasteiger partial charge in [0.25, 0.3) is 0 Å². The quantitative estimate of drug-likeness (QED) is 0.794. The van der Waals surface area contributed by atoms with Gasteiger partial charge in [-0.2, -0.15) is 0 Å². The Morgan fingerprint density at radius 1 is 1.38 bits per heavy atom. The second-order valence-corrected chi connectivity index (χ2v) is 4.41. The van der Waals surface area contributed by atoms with Crippen LogP contribution in [0.1, 0.15) is 18.4 Å². The van der Waals surface area contributed by atoms with Gasteiger partial charge in [0, 0.05) is 0 Å². The summed E-state index contributed by atoms with van der Waals surface area (Å²) < 4.78 is 0. The first-order valence-corrected chi connectivity index (χ1v) is 5.84. The Hall–Kier alpha value is -1.35. The molecule has 3 N–H and O–H groups in total. The third kappa shape index (κ3) is 2.61. The van der Waals surface area contributed by atoms with Gasteiger partial charge in [-0.05, 0) is 37.3 Å². The lowest BCUT2D eigenvalue weighted by Crippen LogP contribution is -2.40. The zero-order chi connectivity index (χ0) is 11.4. The molecule has 1 aromatic carbocycles. The zero-order valence-electron chi connectivity index (χ0n) is 9.36. The van der Waals surface area contributed by atoms with Crippen LogP contribution in [0.3, 0.4) is 0 Å². The highest BCUT2D eigenvalue weighted by Crippen LogP contribution is 2.21. The Labute approximate surface area is 96.0 Å². The van der Waals surface area contributed by atoms with Crippen molar-refractivity contribution < 1.29 is 4.79 Å². The molecule has 2 atom stereocenters. The Kier molecular flexibility index (Phi) is 3.57. The van der Waals surface area contributed by atoms with Gasteiger partial charge in [0.1, 0.15) is 0 Å². The molecule has 1 aliphatic rings. The average molecular weight is 218 g/mol. The largest absolute Gasteiger partial charge is 0.368 e. The molecule has 1 heterocycles. The molecule has 0 bridgehead atoms. The van der Waals surface area contributed by atoms with Crippen LogP contribution in [0.4, 0.5) is 0 Å². The van der Waals surface area contributed by atoms with E-state index in [1.54, 1.807) is 0 Å². The summed E-state index contributed by atoms with van der Waals surface area (Å²) in [7, 11) is 0. The predicted molar refractivity (Wildman–Crippen MR) is 63.9 cm³/mol. The first-order chi connectivity index (χ1) is 7.77. The fourth-order valence-electron chi connectivity index (χ4n) is 2.40. The van der Waals surface area contributed by atoms with Crippen molar-refractivity contribution in [3.05, 3.63) is 35.9 Å². The Balaban J connectivity index is 1.88. The number of hydrogen-bond donors (Lipinski definition) is 2. The zero-order valence-corrected chi connectivity index (χ0v) is 9.36. The van der Waals surface area contributed by atoms with Crippen molar-refractivity contribution in [3.8, 4) is 0 Å². The molecule has 2 rings (SSSR count). The van der Waals surface area contributed by atoms with Crippen LogP contribution in [-0.2, 0) is 11.2 Å². The van der Waals surface area contributed by atoms with Gasteiger partial charge < -0.3 is 11.1 Å². The maximum absolute atomic E-state index is 11.2. The summed E-state index contributed by atoms with van der Waals surface area (Å²) in [5.74, 6) is 0.188. The average Bonchev–Trinajstić information content (AvgIpc) is 2.76. The minimum Gasteiger partial charge on any atom is -0.368 e. The van der Waals surface area contributed by atoms with Crippen LogP contribution in [0.25, 0.3) is 0 Å². The van der Waals surface area contributed by atoms with Gasteiger partial charge in [-0.3, -0.25) is 4.79 Å². The lowest BCUT2D eigenvalue weighted by atomic mass is 9.93. The maximum atomic E-state index is 11.2. The standard InChI is InChI=1S/C13H18N2O/c14-13(16)12-11(8-9-15-12)7-6-10-4-2-1-3-5-10/h1-5,11-12,15H,6-9H2,(H2,14,16)/t11-,12?/m0/s1. The highest BCUT2D eigenvalue weighted by molar-refractivity contribution is 5.80. The number of benzene rings is 1. The monoisotopic (exact) mass is 218 g/mol. The molecule has 1 aliphatic heterocycles. The first-order valence-electron chi connectivity index (χ1n) is 5.84. The smallest absolute Gasteiger partial charge is 0.234 e. The third-order valence-corrected chi connectivity index (χ3v) is 3.30. The minimum absolute atomic E-state index is 0.122. The molecule has 16 heavy (non-hydrogen) atoms. The molecule has 3 nitrogen and oxygen atoms in total. The van der Waals surface area contributed by atoms with Crippen molar-refractivity contribution in [1.29, 1.82) is 0 Å². The minimum atomic E-state index is -0.212. The summed E-state index contributed by atoms with van der Waals surface area (Å²) in [6.45, 7) is 0.910. The van der Waals surface area contributed by atoms with Crippen LogP contribution in [0.2, 0.25) is 0 Å². The van der Waals surface area contributed by atoms with Crippen molar-refractivity contribution in [2.45, 2.75) is 25.3 Å². The van der Waals surface area contributed by atoms with Gasteiger partial charge in [0.2, 0.25) is 5.91 Å². The molecule has 1 saturated heterocycles. The summed E-state index contributed by atoms with van der Waals surface area (Å²) in [4.78, 5) is 11.2. The number of carbonyl (C=O) groups is 1. The molecular formula is C13H18N2O. The van der Waals surface area contributed by atoms with Crippen LogP contribution in [0.5, 0.6) is 0 Å². The number of carbonyl (C=O) groups excluding carboxylic acids is 1. The van der Waals surface area contributed by atoms with E-state index in [-0.39, 0.29) is 11.9 Å². The molecular weight excluding hydrogens is 200 g/mol. The van der Waals surface area contributed by atoms with Crippen LogP contribution in [0.15, 0.2) is 30.3 Å². The number of aryl methyl sites for hydroxylation is 1. The van der Waals surface area contributed by atoms with E-state index in [9.17, 15) is 4.79 Å². The Morgan fingerprint density at radius 2 is 2.12 bits per heavy atom. The summed E-state index contributed by atoms with van der Waals surface area (Å²) in [6.07, 6.45) is 3.11. The van der Waals surface area contributed by atoms with E-state index in [4.69, 9.17) is 5.73 Å². The highest BCUT2D eigenvalue weighted by atomic mass is 16.1. The Morgan fingerprint density at radius 3 is 2.81 bits per heavy atom. The predicted octanol–water partition coefficient (Wildman–Crippen LogP) is 1.08. The van der Waals surface area contributed by atoms with E-state index in [0.717, 1.165) is 25.8 Å². The molecule has 0 radical (unpaired) electrons. The van der Waals surface area contributed by atoms with E-state index in [1.807, 2.05) is 18.2 Å². The second kappa shape index (κ2) is 5.12. The molecule has 0 spiro atoms. The lowest BCUT2D eigenvalue weighted by molar-refractivity contribution is -0.120. The number of primary amides is 1. The van der Waals surface area contributed by atoms with Crippen molar-refractivity contribution in [3.63, 3.8) is 0 Å². The number of hydrogen-bond acceptors (Lipinski definition) is 2. The number of rotatable bonds is 4. The molecule has 3 heteroatoms. The van der Waals surface area contributed by atoms with E-state index in [2.05, 4.69) is 17.4 Å².